The van der Waals surface area contributed by atoms with E-state index in [-0.39, 0.29) is 41.1 Å². The molecule has 10 atom stereocenters. The van der Waals surface area contributed by atoms with Crippen molar-refractivity contribution in [2.24, 2.45) is 0 Å². The first-order valence-electron chi connectivity index (χ1n) is 17.2. The number of imidazole rings is 1. The Hall–Kier alpha value is -4.77. The van der Waals surface area contributed by atoms with Gasteiger partial charge in [-0.15, -0.1) is 6.58 Å². The van der Waals surface area contributed by atoms with Gasteiger partial charge >= 0.3 is 176 Å². The molecule has 2 aliphatic rings. The molecule has 57 heavy (non-hydrogen) atoms. The zero-order chi connectivity index (χ0) is 41.0. The summed E-state index contributed by atoms with van der Waals surface area (Å²) in [6.07, 6.45) is -3.23. The van der Waals surface area contributed by atoms with Crippen molar-refractivity contribution in [2.45, 2.75) is 67.5 Å². The summed E-state index contributed by atoms with van der Waals surface area (Å²) >= 11 is 0. The van der Waals surface area contributed by atoms with Gasteiger partial charge in [0, 0.05) is 6.42 Å². The molecule has 5 heterocycles. The number of hydrogen-bond acceptors (Lipinski definition) is 20. The Morgan fingerprint density at radius 1 is 1.05 bits per heavy atom. The number of esters is 1. The molecule has 0 radical (unpaired) electrons. The number of nitrogens with zero attached hydrogens (tertiary/aromatic N) is 6. The number of nitrogen functional groups attached to an aromatic ring is 1. The van der Waals surface area contributed by atoms with Crippen LogP contribution in [0.5, 0.6) is 5.75 Å². The van der Waals surface area contributed by atoms with Crippen LogP contribution in [-0.4, -0.2) is 120 Å². The molecule has 0 saturated carbocycles. The molecule has 308 valence electrons. The number of fused-ring (bicyclic) bond motifs is 1. The van der Waals surface area contributed by atoms with Crippen molar-refractivity contribution < 1.29 is 67.4 Å². The van der Waals surface area contributed by atoms with Gasteiger partial charge in [0.1, 0.15) is 24.1 Å². The topological polar surface area (TPSA) is 335 Å². The van der Waals surface area contributed by atoms with E-state index in [0.717, 1.165) is 4.57 Å². The molecule has 2 aliphatic heterocycles. The van der Waals surface area contributed by atoms with Crippen LogP contribution in [0.25, 0.3) is 11.2 Å². The van der Waals surface area contributed by atoms with E-state index in [2.05, 4.69) is 31.8 Å². The van der Waals surface area contributed by atoms with Gasteiger partial charge in [-0.25, -0.2) is 19.7 Å². The quantitative estimate of drug-likeness (QED) is 0.0363. The summed E-state index contributed by atoms with van der Waals surface area (Å²) in [6.45, 7) is 2.17. The Morgan fingerprint density at radius 3 is 2.46 bits per heavy atom. The van der Waals surface area contributed by atoms with Crippen LogP contribution in [0.4, 0.5) is 5.82 Å². The number of benzene rings is 1. The van der Waals surface area contributed by atoms with E-state index in [9.17, 15) is 48.9 Å². The molecule has 2 saturated heterocycles. The molecule has 6 rings (SSSR count). The number of ether oxygens (including phenoxy) is 3. The molecule has 1 amide bonds. The van der Waals surface area contributed by atoms with Crippen LogP contribution in [0.1, 0.15) is 36.9 Å². The third kappa shape index (κ3) is 9.35. The number of aromatic nitrogens is 6. The predicted molar refractivity (Wildman–Crippen MR) is 196 cm³/mol. The number of anilines is 1. The van der Waals surface area contributed by atoms with Gasteiger partial charge in [0.05, 0.1) is 12.9 Å². The average Bonchev–Trinajstić information content (AvgIpc) is 3.85. The predicted octanol–water partition coefficient (Wildman–Crippen LogP) is -1.46. The first-order valence-corrected chi connectivity index (χ1v) is 20.3. The second kappa shape index (κ2) is 17.8. The molecule has 2 fully saturated rings. The molecule has 1 aromatic carbocycles. The SMILES string of the molecule is C=CCCC(=O)N[C@H](C(=O)O[C@@H]1C(CO)O[C@@H](n2cnc3c(N)ncnc32)[C@@H]1O)c1ccc(O[PH](=O)[C@H]2[C@@H](O)[C@H](n3cccnc3=O)O[C@@H]2CO[PH](O)(O)O)cc1. The molecule has 0 spiro atoms. The Labute approximate surface area is 322 Å². The first kappa shape index (κ1) is 41.9. The van der Waals surface area contributed by atoms with E-state index >= 15 is 0 Å². The maximum absolute atomic E-state index is 13.8. The summed E-state index contributed by atoms with van der Waals surface area (Å²) in [5.74, 6) is -1.57. The summed E-state index contributed by atoms with van der Waals surface area (Å²) in [5, 5.41) is 35.1. The number of nitrogens with two attached hydrogens (primary N) is 1. The van der Waals surface area contributed by atoms with Crippen molar-refractivity contribution in [1.29, 1.82) is 0 Å². The van der Waals surface area contributed by atoms with E-state index in [1.54, 1.807) is 0 Å². The Morgan fingerprint density at radius 2 is 1.77 bits per heavy atom. The normalized spacial score (nSPS) is 26.1. The molecule has 9 N–H and O–H groups in total. The molecule has 23 nitrogen and oxygen atoms in total. The Balaban J connectivity index is 1.20. The monoisotopic (exact) mass is 838 g/mol. The molecular weight excluding hydrogens is 798 g/mol. The van der Waals surface area contributed by atoms with Crippen molar-refractivity contribution in [3.05, 3.63) is 84.1 Å². The van der Waals surface area contributed by atoms with Crippen molar-refractivity contribution in [3.63, 3.8) is 0 Å². The average molecular weight is 839 g/mol. The molecule has 25 heteroatoms. The molecule has 0 aliphatic carbocycles. The first-order chi connectivity index (χ1) is 27.2. The fourth-order valence-electron chi connectivity index (χ4n) is 6.32. The van der Waals surface area contributed by atoms with Gasteiger partial charge in [-0.2, -0.15) is 0 Å². The van der Waals surface area contributed by atoms with E-state index in [0.29, 0.717) is 0 Å². The number of hydrogen-bond donors (Lipinski definition) is 8. The Bertz CT molecular complexity index is 2150. The summed E-state index contributed by atoms with van der Waals surface area (Å²) in [4.78, 5) is 83.0. The van der Waals surface area contributed by atoms with Gasteiger partial charge in [-0.05, 0) is 6.42 Å². The van der Waals surface area contributed by atoms with E-state index in [1.165, 1.54) is 66.0 Å². The number of aliphatic hydroxyl groups excluding tert-OH is 3. The van der Waals surface area contributed by atoms with Gasteiger partial charge in [0.25, 0.3) is 0 Å². The van der Waals surface area contributed by atoms with Crippen molar-refractivity contribution in [1.82, 2.24) is 34.4 Å². The molecular formula is C32H40N8O15P2. The van der Waals surface area contributed by atoms with Crippen molar-refractivity contribution >= 4 is 45.1 Å². The maximum atomic E-state index is 13.8. The van der Waals surface area contributed by atoms with E-state index < -0.39 is 102 Å². The minimum atomic E-state index is -5.09. The van der Waals surface area contributed by atoms with Crippen LogP contribution < -0.4 is 21.3 Å². The van der Waals surface area contributed by atoms with Crippen molar-refractivity contribution in [2.75, 3.05) is 18.9 Å². The van der Waals surface area contributed by atoms with Crippen LogP contribution in [0, 0.1) is 0 Å². The zero-order valence-electron chi connectivity index (χ0n) is 29.6. The number of aliphatic hydroxyl groups is 3. The zero-order valence-corrected chi connectivity index (χ0v) is 31.6. The number of carbonyl (C=O) groups is 2. The van der Waals surface area contributed by atoms with Crippen LogP contribution in [0.3, 0.4) is 0 Å². The van der Waals surface area contributed by atoms with E-state index in [4.69, 9.17) is 29.0 Å². The standard InChI is InChI=1S/C32H40N8O15P2/c1-2-3-5-20(42)38-21(31(45)54-25-18(12-41)52-29(23(25)43)40-15-37-22-27(33)35-14-36-28(22)40)16-6-8-17(9-7-16)55-56(47)26-19(13-51-57(48,49)50)53-30(24(26)44)39-11-4-10-34-32(39)46/h2,4,6-11,14-15,18-19,21,23-26,29-30,41,43-44,48-50,56-57H,1,3,5,12-13H2,(H,38,42)(H2,33,35,36)/t18?,19-,21+,23-,24-,25-,26-,29-,30-/m1/s1. The van der Waals surface area contributed by atoms with Crippen molar-refractivity contribution in [3.8, 4) is 5.75 Å². The van der Waals surface area contributed by atoms with Crippen LogP contribution in [-0.2, 0) is 32.9 Å². The fourth-order valence-corrected chi connectivity index (χ4v) is 8.13. The van der Waals surface area contributed by atoms with Gasteiger partial charge in [-0.1, -0.05) is 6.08 Å². The summed E-state index contributed by atoms with van der Waals surface area (Å²) in [5.41, 5.74) is 4.24. The molecule has 4 aromatic rings. The summed E-state index contributed by atoms with van der Waals surface area (Å²) < 4.78 is 43.5. The number of nitrogens with one attached hydrogen (secondary N) is 1. The van der Waals surface area contributed by atoms with Crippen LogP contribution >= 0.6 is 16.2 Å². The third-order valence-electron chi connectivity index (χ3n) is 9.05. The molecule has 3 aromatic heterocycles. The molecule has 0 bridgehead atoms. The number of carbonyl (C=O) groups excluding carboxylic acids is 2. The van der Waals surface area contributed by atoms with Crippen LogP contribution in [0.2, 0.25) is 0 Å². The van der Waals surface area contributed by atoms with Gasteiger partial charge in [-0.3, -0.25) is 9.36 Å². The molecule has 2 unspecified atom stereocenters. The second-order valence-corrected chi connectivity index (χ2v) is 15.8. The minimum absolute atomic E-state index is 0.0408. The summed E-state index contributed by atoms with van der Waals surface area (Å²) in [6, 6.07) is 5.21. The summed E-state index contributed by atoms with van der Waals surface area (Å²) in [7, 11) is -8.50. The van der Waals surface area contributed by atoms with Gasteiger partial charge in [0.2, 0.25) is 5.91 Å². The number of rotatable bonds is 16. The number of amides is 1. The second-order valence-electron chi connectivity index (χ2n) is 12.8. The fraction of sp³-hybridized carbons (Fsp3) is 0.406. The Kier molecular flexibility index (Phi) is 13.1. The van der Waals surface area contributed by atoms with Gasteiger partial charge in [0.15, 0.2) is 23.8 Å². The third-order valence-corrected chi connectivity index (χ3v) is 11.3. The van der Waals surface area contributed by atoms with Crippen LogP contribution in [0.15, 0.2) is 72.8 Å². The van der Waals surface area contributed by atoms with Gasteiger partial charge < -0.3 is 25.4 Å². The number of allylic oxidation sites excluding steroid dienone is 1. The van der Waals surface area contributed by atoms with E-state index in [1.807, 2.05) is 0 Å².